The minimum atomic E-state index is -3.63. The summed E-state index contributed by atoms with van der Waals surface area (Å²) >= 11 is 4.05. The highest BCUT2D eigenvalue weighted by molar-refractivity contribution is 7.80. The highest BCUT2D eigenvalue weighted by Crippen LogP contribution is 2.52. The fraction of sp³-hybridized carbons (Fsp3) is 0.708. The molecule has 3 rings (SSSR count). The molecule has 5 unspecified atom stereocenters. The third-order valence-corrected chi connectivity index (χ3v) is 7.16. The summed E-state index contributed by atoms with van der Waals surface area (Å²) in [6.07, 6.45) is -6.63. The summed E-state index contributed by atoms with van der Waals surface area (Å²) in [5, 5.41) is 0. The SMILES string of the molecule is CCCCCOC1CCC(C2(F)C(F)CC(F)(C(=O)Oc3ccc(S)cc3)C(F)C2F)CC1. The van der Waals surface area contributed by atoms with Crippen LogP contribution in [-0.2, 0) is 9.53 Å². The summed E-state index contributed by atoms with van der Waals surface area (Å²) in [4.78, 5) is 12.9. The summed E-state index contributed by atoms with van der Waals surface area (Å²) in [6, 6.07) is 5.44. The van der Waals surface area contributed by atoms with Crippen molar-refractivity contribution in [2.24, 2.45) is 5.92 Å². The number of halogens is 5. The highest BCUT2D eigenvalue weighted by Gasteiger charge is 2.70. The molecule has 5 atom stereocenters. The van der Waals surface area contributed by atoms with Crippen LogP contribution in [0.25, 0.3) is 0 Å². The molecule has 0 aliphatic heterocycles. The minimum Gasteiger partial charge on any atom is -0.424 e. The Labute approximate surface area is 196 Å². The molecular formula is C24H31F5O3S. The molecule has 2 aliphatic carbocycles. The molecule has 0 bridgehead atoms. The summed E-state index contributed by atoms with van der Waals surface area (Å²) in [6.45, 7) is 2.64. The number of carbonyl (C=O) groups is 1. The molecule has 0 radical (unpaired) electrons. The average Bonchev–Trinajstić information content (AvgIpc) is 2.81. The molecule has 0 heterocycles. The first-order chi connectivity index (χ1) is 15.6. The Morgan fingerprint density at radius 3 is 2.27 bits per heavy atom. The first-order valence-electron chi connectivity index (χ1n) is 11.6. The van der Waals surface area contributed by atoms with Crippen LogP contribution in [0.3, 0.4) is 0 Å². The van der Waals surface area contributed by atoms with E-state index in [4.69, 9.17) is 9.47 Å². The van der Waals surface area contributed by atoms with E-state index in [-0.39, 0.29) is 24.7 Å². The van der Waals surface area contributed by atoms with E-state index in [1.54, 1.807) is 0 Å². The van der Waals surface area contributed by atoms with Crippen molar-refractivity contribution in [1.29, 1.82) is 0 Å². The second-order valence-corrected chi connectivity index (χ2v) is 9.62. The van der Waals surface area contributed by atoms with E-state index < -0.39 is 48.2 Å². The van der Waals surface area contributed by atoms with Crippen molar-refractivity contribution in [2.75, 3.05) is 6.61 Å². The lowest BCUT2D eigenvalue weighted by Gasteiger charge is -2.48. The molecule has 1 aromatic rings. The van der Waals surface area contributed by atoms with Crippen molar-refractivity contribution in [3.05, 3.63) is 24.3 Å². The van der Waals surface area contributed by atoms with Gasteiger partial charge >= 0.3 is 5.97 Å². The molecule has 0 spiro atoms. The van der Waals surface area contributed by atoms with Gasteiger partial charge < -0.3 is 9.47 Å². The van der Waals surface area contributed by atoms with Crippen molar-refractivity contribution in [1.82, 2.24) is 0 Å². The van der Waals surface area contributed by atoms with Gasteiger partial charge in [-0.05, 0) is 62.3 Å². The summed E-state index contributed by atoms with van der Waals surface area (Å²) in [5.74, 6) is -3.04. The minimum absolute atomic E-state index is 0.0995. The number of thiol groups is 1. The Morgan fingerprint density at radius 1 is 1.03 bits per heavy atom. The van der Waals surface area contributed by atoms with Crippen LogP contribution in [0, 0.1) is 5.92 Å². The van der Waals surface area contributed by atoms with Crippen LogP contribution in [0.4, 0.5) is 22.0 Å². The summed E-state index contributed by atoms with van der Waals surface area (Å²) < 4.78 is 86.4. The topological polar surface area (TPSA) is 35.5 Å². The molecule has 0 amide bonds. The van der Waals surface area contributed by atoms with Gasteiger partial charge in [-0.3, -0.25) is 0 Å². The fourth-order valence-electron chi connectivity index (χ4n) is 4.82. The van der Waals surface area contributed by atoms with Crippen molar-refractivity contribution >= 4 is 18.6 Å². The Kier molecular flexibility index (Phi) is 8.70. The number of unbranched alkanes of at least 4 members (excludes halogenated alkanes) is 2. The van der Waals surface area contributed by atoms with Gasteiger partial charge in [0.25, 0.3) is 0 Å². The van der Waals surface area contributed by atoms with E-state index in [0.717, 1.165) is 19.3 Å². The molecular weight excluding hydrogens is 463 g/mol. The number of carbonyl (C=O) groups excluding carboxylic acids is 1. The number of benzene rings is 1. The van der Waals surface area contributed by atoms with Crippen LogP contribution in [-0.4, -0.2) is 48.5 Å². The quantitative estimate of drug-likeness (QED) is 0.148. The predicted molar refractivity (Wildman–Crippen MR) is 118 cm³/mol. The van der Waals surface area contributed by atoms with E-state index >= 15 is 17.6 Å². The maximum atomic E-state index is 15.7. The Morgan fingerprint density at radius 2 is 1.67 bits per heavy atom. The van der Waals surface area contributed by atoms with Crippen molar-refractivity contribution < 1.29 is 36.2 Å². The van der Waals surface area contributed by atoms with Gasteiger partial charge in [0.1, 0.15) is 11.9 Å². The van der Waals surface area contributed by atoms with Crippen LogP contribution >= 0.6 is 12.6 Å². The second-order valence-electron chi connectivity index (χ2n) is 9.10. The van der Waals surface area contributed by atoms with Crippen molar-refractivity contribution in [3.63, 3.8) is 0 Å². The standard InChI is InChI=1S/C24H31F5O3S/c1-2-3-4-13-31-16-7-5-15(6-8-16)24(29)19(25)14-23(28,20(26)21(24)27)22(30)32-17-9-11-18(33)12-10-17/h9-12,15-16,19-21,33H,2-8,13-14H2,1H3. The van der Waals surface area contributed by atoms with Gasteiger partial charge in [0.2, 0.25) is 5.67 Å². The zero-order valence-electron chi connectivity index (χ0n) is 18.6. The lowest BCUT2D eigenvalue weighted by atomic mass is 9.65. The van der Waals surface area contributed by atoms with Crippen LogP contribution < -0.4 is 4.74 Å². The van der Waals surface area contributed by atoms with Gasteiger partial charge in [-0.2, -0.15) is 0 Å². The van der Waals surface area contributed by atoms with E-state index in [1.165, 1.54) is 24.3 Å². The number of hydrogen-bond donors (Lipinski definition) is 1. The lowest BCUT2D eigenvalue weighted by molar-refractivity contribution is -0.196. The molecule has 186 valence electrons. The first kappa shape index (κ1) is 26.3. The van der Waals surface area contributed by atoms with Gasteiger partial charge in [0.15, 0.2) is 18.0 Å². The summed E-state index contributed by atoms with van der Waals surface area (Å²) in [5.41, 5.74) is -6.84. The van der Waals surface area contributed by atoms with E-state index in [9.17, 15) is 9.18 Å². The largest absolute Gasteiger partial charge is 0.424 e. The van der Waals surface area contributed by atoms with Gasteiger partial charge in [0.05, 0.1) is 6.10 Å². The zero-order valence-corrected chi connectivity index (χ0v) is 19.5. The molecule has 1 aromatic carbocycles. The van der Waals surface area contributed by atoms with Crippen LogP contribution in [0.5, 0.6) is 5.75 Å². The predicted octanol–water partition coefficient (Wildman–Crippen LogP) is 6.48. The van der Waals surface area contributed by atoms with Crippen LogP contribution in [0.1, 0.15) is 58.3 Å². The molecule has 2 saturated carbocycles. The highest BCUT2D eigenvalue weighted by atomic mass is 32.1. The molecule has 9 heteroatoms. The third kappa shape index (κ3) is 5.50. The molecule has 2 fully saturated rings. The number of rotatable bonds is 8. The Balaban J connectivity index is 1.64. The Bertz CT molecular complexity index is 789. The maximum absolute atomic E-state index is 15.7. The van der Waals surface area contributed by atoms with E-state index in [0.29, 0.717) is 24.3 Å². The van der Waals surface area contributed by atoms with E-state index in [2.05, 4.69) is 19.6 Å². The second kappa shape index (κ2) is 10.9. The normalized spacial score (nSPS) is 37.0. The Hall–Kier alpha value is -1.35. The monoisotopic (exact) mass is 494 g/mol. The van der Waals surface area contributed by atoms with Crippen LogP contribution in [0.15, 0.2) is 29.2 Å². The van der Waals surface area contributed by atoms with Gasteiger partial charge in [-0.15, -0.1) is 12.6 Å². The smallest absolute Gasteiger partial charge is 0.352 e. The van der Waals surface area contributed by atoms with Crippen molar-refractivity contribution in [2.45, 2.75) is 99.1 Å². The van der Waals surface area contributed by atoms with Gasteiger partial charge in [-0.25, -0.2) is 26.7 Å². The molecule has 2 aliphatic rings. The third-order valence-electron chi connectivity index (χ3n) is 6.86. The first-order valence-corrected chi connectivity index (χ1v) is 12.0. The summed E-state index contributed by atoms with van der Waals surface area (Å²) in [7, 11) is 0. The average molecular weight is 495 g/mol. The van der Waals surface area contributed by atoms with Crippen LogP contribution in [0.2, 0.25) is 0 Å². The molecule has 0 aromatic heterocycles. The fourth-order valence-corrected chi connectivity index (χ4v) is 4.96. The van der Waals surface area contributed by atoms with Crippen molar-refractivity contribution in [3.8, 4) is 5.75 Å². The van der Waals surface area contributed by atoms with E-state index in [1.807, 2.05) is 0 Å². The number of esters is 1. The number of ether oxygens (including phenoxy) is 2. The zero-order chi connectivity index (χ0) is 24.2. The van der Waals surface area contributed by atoms with Gasteiger partial charge in [0, 0.05) is 17.9 Å². The maximum Gasteiger partial charge on any atom is 0.352 e. The molecule has 33 heavy (non-hydrogen) atoms. The lowest BCUT2D eigenvalue weighted by Crippen LogP contribution is -2.67. The molecule has 0 saturated heterocycles. The van der Waals surface area contributed by atoms with Gasteiger partial charge in [-0.1, -0.05) is 19.8 Å². The number of hydrogen-bond acceptors (Lipinski definition) is 4. The molecule has 3 nitrogen and oxygen atoms in total. The number of alkyl halides is 5. The molecule has 0 N–H and O–H groups in total.